The van der Waals surface area contributed by atoms with Gasteiger partial charge in [-0.25, -0.2) is 9.97 Å². The number of carbonyl (C=O) groups is 1. The fourth-order valence-corrected chi connectivity index (χ4v) is 4.24. The Morgan fingerprint density at radius 1 is 1.08 bits per heavy atom. The van der Waals surface area contributed by atoms with Crippen LogP contribution in [0, 0.1) is 20.8 Å². The monoisotopic (exact) mass is 365 g/mol. The van der Waals surface area contributed by atoms with Crippen molar-refractivity contribution in [3.05, 3.63) is 74.4 Å². The highest BCUT2D eigenvalue weighted by Gasteiger charge is 2.16. The lowest BCUT2D eigenvalue weighted by atomic mass is 10.0. The summed E-state index contributed by atoms with van der Waals surface area (Å²) >= 11 is 1.51. The molecular weight excluding hydrogens is 342 g/mol. The van der Waals surface area contributed by atoms with Crippen molar-refractivity contribution in [2.45, 2.75) is 40.0 Å². The van der Waals surface area contributed by atoms with Gasteiger partial charge in [0.1, 0.15) is 5.82 Å². The molecule has 2 N–H and O–H groups in total. The molecule has 26 heavy (non-hydrogen) atoms. The first-order chi connectivity index (χ1) is 12.4. The molecule has 134 valence electrons. The highest BCUT2D eigenvalue weighted by molar-refractivity contribution is 7.13. The molecule has 2 aromatic heterocycles. The minimum absolute atomic E-state index is 0.148. The molecule has 3 rings (SSSR count). The second kappa shape index (κ2) is 7.79. The van der Waals surface area contributed by atoms with Crippen LogP contribution in [-0.4, -0.2) is 15.8 Å². The van der Waals surface area contributed by atoms with Gasteiger partial charge in [0.15, 0.2) is 5.78 Å². The maximum Gasteiger partial charge on any atom is 0.175 e. The van der Waals surface area contributed by atoms with Crippen molar-refractivity contribution in [3.63, 3.8) is 0 Å². The van der Waals surface area contributed by atoms with Crippen molar-refractivity contribution in [2.75, 3.05) is 5.73 Å². The van der Waals surface area contributed by atoms with Crippen LogP contribution in [0.1, 0.15) is 49.2 Å². The van der Waals surface area contributed by atoms with E-state index in [1.807, 2.05) is 45.0 Å². The minimum atomic E-state index is 0.148. The summed E-state index contributed by atoms with van der Waals surface area (Å²) in [6.07, 6.45) is 1.90. The Bertz CT molecular complexity index is 909. The van der Waals surface area contributed by atoms with E-state index in [0.717, 1.165) is 38.8 Å². The van der Waals surface area contributed by atoms with Crippen molar-refractivity contribution in [2.24, 2.45) is 0 Å². The van der Waals surface area contributed by atoms with E-state index in [2.05, 4.69) is 22.1 Å². The molecule has 0 amide bonds. The summed E-state index contributed by atoms with van der Waals surface area (Å²) in [4.78, 5) is 22.4. The van der Waals surface area contributed by atoms with Gasteiger partial charge < -0.3 is 5.73 Å². The van der Waals surface area contributed by atoms with Gasteiger partial charge in [0.25, 0.3) is 0 Å². The Balaban J connectivity index is 1.71. The molecule has 0 aliphatic heterocycles. The van der Waals surface area contributed by atoms with Crippen molar-refractivity contribution in [1.29, 1.82) is 0 Å². The molecule has 2 heterocycles. The van der Waals surface area contributed by atoms with Crippen LogP contribution >= 0.6 is 11.3 Å². The molecule has 0 unspecified atom stereocenters. The summed E-state index contributed by atoms with van der Waals surface area (Å²) in [6.45, 7) is 5.87. The number of Topliss-reactive ketones (excluding diaryl/α,β-unsaturated/α-hetero) is 1. The molecule has 0 radical (unpaired) electrons. The summed E-state index contributed by atoms with van der Waals surface area (Å²) < 4.78 is 0. The van der Waals surface area contributed by atoms with Crippen molar-refractivity contribution in [1.82, 2.24) is 9.97 Å². The Morgan fingerprint density at radius 2 is 1.81 bits per heavy atom. The third-order valence-electron chi connectivity index (χ3n) is 4.47. The van der Waals surface area contributed by atoms with Gasteiger partial charge in [-0.15, -0.1) is 11.3 Å². The number of carbonyl (C=O) groups excluding carboxylic acids is 1. The number of pyridine rings is 1. The first-order valence-corrected chi connectivity index (χ1v) is 9.51. The average Bonchev–Trinajstić information content (AvgIpc) is 2.95. The van der Waals surface area contributed by atoms with E-state index in [1.165, 1.54) is 16.9 Å². The predicted octanol–water partition coefficient (Wildman–Crippen LogP) is 4.45. The Morgan fingerprint density at radius 3 is 2.50 bits per heavy atom. The van der Waals surface area contributed by atoms with Gasteiger partial charge in [-0.2, -0.15) is 0 Å². The van der Waals surface area contributed by atoms with E-state index >= 15 is 0 Å². The molecule has 0 fully saturated rings. The number of rotatable bonds is 6. The zero-order chi connectivity index (χ0) is 18.7. The lowest BCUT2D eigenvalue weighted by Gasteiger charge is -2.09. The SMILES string of the molecule is Cc1cc(N)nc(C)c1CCC(=O)c1sc(Cc2ccccc2)nc1C. The van der Waals surface area contributed by atoms with Crippen LogP contribution < -0.4 is 5.73 Å². The van der Waals surface area contributed by atoms with Crippen molar-refractivity contribution < 1.29 is 4.79 Å². The number of aromatic nitrogens is 2. The maximum absolute atomic E-state index is 12.7. The highest BCUT2D eigenvalue weighted by Crippen LogP contribution is 2.24. The quantitative estimate of drug-likeness (QED) is 0.655. The minimum Gasteiger partial charge on any atom is -0.384 e. The molecule has 0 atom stereocenters. The van der Waals surface area contributed by atoms with E-state index in [1.54, 1.807) is 0 Å². The molecule has 1 aromatic carbocycles. The summed E-state index contributed by atoms with van der Waals surface area (Å²) in [5, 5.41) is 0.985. The molecule has 0 aliphatic carbocycles. The van der Waals surface area contributed by atoms with E-state index < -0.39 is 0 Å². The molecule has 5 heteroatoms. The number of hydrogen-bond donors (Lipinski definition) is 1. The predicted molar refractivity (Wildman–Crippen MR) is 107 cm³/mol. The number of aryl methyl sites for hydroxylation is 3. The first kappa shape index (κ1) is 18.3. The summed E-state index contributed by atoms with van der Waals surface area (Å²) in [5.41, 5.74) is 10.9. The third kappa shape index (κ3) is 4.17. The number of nitrogens with two attached hydrogens (primary N) is 1. The van der Waals surface area contributed by atoms with Crippen molar-refractivity contribution in [3.8, 4) is 0 Å². The van der Waals surface area contributed by atoms with Gasteiger partial charge in [-0.05, 0) is 49.9 Å². The number of nitrogens with zero attached hydrogens (tertiary/aromatic N) is 2. The number of benzene rings is 1. The van der Waals surface area contributed by atoms with E-state index in [4.69, 9.17) is 5.73 Å². The van der Waals surface area contributed by atoms with Gasteiger partial charge in [0.05, 0.1) is 15.6 Å². The Hall–Kier alpha value is -2.53. The Kier molecular flexibility index (Phi) is 5.47. The lowest BCUT2D eigenvalue weighted by molar-refractivity contribution is 0.0986. The van der Waals surface area contributed by atoms with Crippen LogP contribution in [-0.2, 0) is 12.8 Å². The molecule has 3 aromatic rings. The molecular formula is C21H23N3OS. The number of hydrogen-bond acceptors (Lipinski definition) is 5. The summed E-state index contributed by atoms with van der Waals surface area (Å²) in [5.74, 6) is 0.675. The van der Waals surface area contributed by atoms with E-state index in [-0.39, 0.29) is 5.78 Å². The highest BCUT2D eigenvalue weighted by atomic mass is 32.1. The normalized spacial score (nSPS) is 10.9. The standard InChI is InChI=1S/C21H23N3OS/c1-13-11-19(22)23-14(2)17(13)9-10-18(25)21-15(3)24-20(26-21)12-16-7-5-4-6-8-16/h4-8,11H,9-10,12H2,1-3H3,(H2,22,23). The topological polar surface area (TPSA) is 68.9 Å². The zero-order valence-electron chi connectivity index (χ0n) is 15.4. The van der Waals surface area contributed by atoms with Gasteiger partial charge in [-0.1, -0.05) is 30.3 Å². The maximum atomic E-state index is 12.7. The van der Waals surface area contributed by atoms with Crippen molar-refractivity contribution >= 4 is 22.9 Å². The van der Waals surface area contributed by atoms with Crippen LogP contribution in [0.2, 0.25) is 0 Å². The van der Waals surface area contributed by atoms with Gasteiger partial charge in [-0.3, -0.25) is 4.79 Å². The number of thiazole rings is 1. The molecule has 4 nitrogen and oxygen atoms in total. The second-order valence-electron chi connectivity index (χ2n) is 6.54. The van der Waals surface area contributed by atoms with E-state index in [0.29, 0.717) is 18.7 Å². The fraction of sp³-hybridized carbons (Fsp3) is 0.286. The van der Waals surface area contributed by atoms with Crippen LogP contribution in [0.5, 0.6) is 0 Å². The smallest absolute Gasteiger partial charge is 0.175 e. The van der Waals surface area contributed by atoms with Crippen LogP contribution in [0.15, 0.2) is 36.4 Å². The number of nitrogen functional groups attached to an aromatic ring is 1. The van der Waals surface area contributed by atoms with Crippen LogP contribution in [0.4, 0.5) is 5.82 Å². The largest absolute Gasteiger partial charge is 0.384 e. The summed E-state index contributed by atoms with van der Waals surface area (Å²) in [6, 6.07) is 12.1. The second-order valence-corrected chi connectivity index (χ2v) is 7.62. The number of ketones is 1. The zero-order valence-corrected chi connectivity index (χ0v) is 16.2. The Labute approximate surface area is 158 Å². The lowest BCUT2D eigenvalue weighted by Crippen LogP contribution is -2.05. The van der Waals surface area contributed by atoms with Gasteiger partial charge in [0, 0.05) is 18.5 Å². The number of anilines is 1. The fourth-order valence-electron chi connectivity index (χ4n) is 3.17. The molecule has 0 spiro atoms. The molecule has 0 saturated carbocycles. The summed E-state index contributed by atoms with van der Waals surface area (Å²) in [7, 11) is 0. The van der Waals surface area contributed by atoms with Gasteiger partial charge >= 0.3 is 0 Å². The van der Waals surface area contributed by atoms with Crippen LogP contribution in [0.25, 0.3) is 0 Å². The average molecular weight is 366 g/mol. The third-order valence-corrected chi connectivity index (χ3v) is 5.67. The first-order valence-electron chi connectivity index (χ1n) is 8.70. The molecule has 0 bridgehead atoms. The molecule has 0 aliphatic rings. The van der Waals surface area contributed by atoms with Crippen LogP contribution in [0.3, 0.4) is 0 Å². The molecule has 0 saturated heterocycles. The van der Waals surface area contributed by atoms with Gasteiger partial charge in [0.2, 0.25) is 0 Å². The van der Waals surface area contributed by atoms with E-state index in [9.17, 15) is 4.79 Å².